The molecular formula is C16H21NO2S. The highest BCUT2D eigenvalue weighted by Crippen LogP contribution is 2.26. The van der Waals surface area contributed by atoms with Crippen LogP contribution in [0.15, 0.2) is 24.4 Å². The van der Waals surface area contributed by atoms with Crippen LogP contribution in [-0.4, -0.2) is 16.7 Å². The van der Waals surface area contributed by atoms with Crippen LogP contribution in [0.2, 0.25) is 0 Å². The molecule has 2 aromatic rings. The van der Waals surface area contributed by atoms with Gasteiger partial charge in [-0.05, 0) is 44.9 Å². The van der Waals surface area contributed by atoms with E-state index < -0.39 is 5.60 Å². The zero-order valence-electron chi connectivity index (χ0n) is 12.4. The first kappa shape index (κ1) is 15.0. The molecule has 0 aliphatic carbocycles. The van der Waals surface area contributed by atoms with Gasteiger partial charge in [0.25, 0.3) is 0 Å². The van der Waals surface area contributed by atoms with Crippen molar-refractivity contribution >= 4 is 11.3 Å². The summed E-state index contributed by atoms with van der Waals surface area (Å²) < 4.78 is 5.82. The first-order valence-corrected chi connectivity index (χ1v) is 7.56. The maximum atomic E-state index is 9.91. The molecule has 0 aliphatic heterocycles. The molecule has 0 fully saturated rings. The van der Waals surface area contributed by atoms with Gasteiger partial charge in [0, 0.05) is 12.6 Å². The molecule has 0 radical (unpaired) electrons. The summed E-state index contributed by atoms with van der Waals surface area (Å²) in [4.78, 5) is 5.22. The van der Waals surface area contributed by atoms with Crippen molar-refractivity contribution in [1.82, 2.24) is 4.98 Å². The highest BCUT2D eigenvalue weighted by atomic mass is 32.1. The Morgan fingerprint density at radius 1 is 1.30 bits per heavy atom. The van der Waals surface area contributed by atoms with E-state index in [1.807, 2.05) is 12.1 Å². The molecule has 1 N–H and O–H groups in total. The van der Waals surface area contributed by atoms with E-state index in [2.05, 4.69) is 24.9 Å². The largest absolute Gasteiger partial charge is 0.493 e. The van der Waals surface area contributed by atoms with E-state index in [1.54, 1.807) is 31.4 Å². The van der Waals surface area contributed by atoms with Crippen LogP contribution in [0.25, 0.3) is 0 Å². The lowest BCUT2D eigenvalue weighted by atomic mass is 10.1. The molecule has 1 aromatic heterocycles. The third kappa shape index (κ3) is 3.58. The van der Waals surface area contributed by atoms with Crippen molar-refractivity contribution in [3.05, 3.63) is 45.4 Å². The standard InChI is InChI=1S/C16H21NO2S/c1-11-6-5-7-13(12(11)2)19-9-8-15-17-10-14(20-15)16(3,4)18/h5-7,10,18H,8-9H2,1-4H3. The molecule has 0 saturated heterocycles. The van der Waals surface area contributed by atoms with Gasteiger partial charge in [0.15, 0.2) is 0 Å². The number of aromatic nitrogens is 1. The van der Waals surface area contributed by atoms with Crippen LogP contribution in [0.5, 0.6) is 5.75 Å². The summed E-state index contributed by atoms with van der Waals surface area (Å²) in [5, 5.41) is 10.9. The van der Waals surface area contributed by atoms with E-state index in [4.69, 9.17) is 4.74 Å². The number of benzene rings is 1. The second kappa shape index (κ2) is 5.94. The molecule has 0 saturated carbocycles. The van der Waals surface area contributed by atoms with Gasteiger partial charge < -0.3 is 9.84 Å². The van der Waals surface area contributed by atoms with Crippen LogP contribution in [0, 0.1) is 13.8 Å². The Balaban J connectivity index is 1.93. The topological polar surface area (TPSA) is 42.4 Å². The lowest BCUT2D eigenvalue weighted by Gasteiger charge is -2.13. The SMILES string of the molecule is Cc1cccc(OCCc2ncc(C(C)(C)O)s2)c1C. The van der Waals surface area contributed by atoms with Gasteiger partial charge in [-0.25, -0.2) is 4.98 Å². The van der Waals surface area contributed by atoms with Crippen molar-refractivity contribution in [2.75, 3.05) is 6.61 Å². The number of nitrogens with zero attached hydrogens (tertiary/aromatic N) is 1. The molecule has 1 heterocycles. The molecule has 4 heteroatoms. The van der Waals surface area contributed by atoms with E-state index in [-0.39, 0.29) is 0 Å². The van der Waals surface area contributed by atoms with Crippen molar-refractivity contribution in [2.24, 2.45) is 0 Å². The fraction of sp³-hybridized carbons (Fsp3) is 0.438. The van der Waals surface area contributed by atoms with Crippen molar-refractivity contribution in [3.63, 3.8) is 0 Å². The molecule has 0 atom stereocenters. The van der Waals surface area contributed by atoms with E-state index in [0.717, 1.165) is 22.1 Å². The van der Waals surface area contributed by atoms with Crippen molar-refractivity contribution in [3.8, 4) is 5.75 Å². The predicted molar refractivity (Wildman–Crippen MR) is 82.5 cm³/mol. The summed E-state index contributed by atoms with van der Waals surface area (Å²) in [6, 6.07) is 6.08. The molecule has 0 aliphatic rings. The molecule has 0 spiro atoms. The van der Waals surface area contributed by atoms with Crippen molar-refractivity contribution < 1.29 is 9.84 Å². The molecule has 0 amide bonds. The van der Waals surface area contributed by atoms with E-state index in [9.17, 15) is 5.11 Å². The second-order valence-corrected chi connectivity index (χ2v) is 6.59. The minimum absolute atomic E-state index is 0.600. The predicted octanol–water partition coefficient (Wildman–Crippen LogP) is 3.61. The van der Waals surface area contributed by atoms with Crippen LogP contribution in [0.4, 0.5) is 0 Å². The van der Waals surface area contributed by atoms with Gasteiger partial charge in [-0.2, -0.15) is 0 Å². The lowest BCUT2D eigenvalue weighted by Crippen LogP contribution is -2.12. The van der Waals surface area contributed by atoms with Crippen LogP contribution in [0.1, 0.15) is 34.9 Å². The number of thiazole rings is 1. The summed E-state index contributed by atoms with van der Waals surface area (Å²) in [7, 11) is 0. The van der Waals surface area contributed by atoms with Gasteiger partial charge in [0.2, 0.25) is 0 Å². The van der Waals surface area contributed by atoms with Gasteiger partial charge in [-0.15, -0.1) is 11.3 Å². The molecule has 0 bridgehead atoms. The average molecular weight is 291 g/mol. The summed E-state index contributed by atoms with van der Waals surface area (Å²) in [5.41, 5.74) is 1.61. The van der Waals surface area contributed by atoms with Gasteiger partial charge in [0.1, 0.15) is 5.75 Å². The average Bonchev–Trinajstić information content (AvgIpc) is 2.83. The van der Waals surface area contributed by atoms with E-state index >= 15 is 0 Å². The molecule has 0 unspecified atom stereocenters. The number of hydrogen-bond donors (Lipinski definition) is 1. The first-order chi connectivity index (χ1) is 9.38. The maximum absolute atomic E-state index is 9.91. The van der Waals surface area contributed by atoms with Gasteiger partial charge in [-0.1, -0.05) is 12.1 Å². The van der Waals surface area contributed by atoms with Crippen LogP contribution in [-0.2, 0) is 12.0 Å². The van der Waals surface area contributed by atoms with Crippen LogP contribution >= 0.6 is 11.3 Å². The minimum Gasteiger partial charge on any atom is -0.493 e. The number of rotatable bonds is 5. The summed E-state index contributed by atoms with van der Waals surface area (Å²) >= 11 is 1.54. The minimum atomic E-state index is -0.816. The summed E-state index contributed by atoms with van der Waals surface area (Å²) in [6.07, 6.45) is 2.51. The Bertz CT molecular complexity index is 584. The zero-order chi connectivity index (χ0) is 14.8. The highest BCUT2D eigenvalue weighted by Gasteiger charge is 2.19. The molecule has 3 nitrogen and oxygen atoms in total. The zero-order valence-corrected chi connectivity index (χ0v) is 13.3. The highest BCUT2D eigenvalue weighted by molar-refractivity contribution is 7.11. The summed E-state index contributed by atoms with van der Waals surface area (Å²) in [6.45, 7) is 8.30. The fourth-order valence-corrected chi connectivity index (χ4v) is 2.74. The number of aliphatic hydroxyl groups is 1. The number of aryl methyl sites for hydroxylation is 1. The molecular weight excluding hydrogens is 270 g/mol. The van der Waals surface area contributed by atoms with E-state index in [1.165, 1.54) is 11.1 Å². The molecule has 108 valence electrons. The second-order valence-electron chi connectivity index (χ2n) is 5.47. The maximum Gasteiger partial charge on any atom is 0.122 e. The van der Waals surface area contributed by atoms with E-state index in [0.29, 0.717) is 6.61 Å². The van der Waals surface area contributed by atoms with Crippen molar-refractivity contribution in [2.45, 2.75) is 39.7 Å². The van der Waals surface area contributed by atoms with Crippen LogP contribution < -0.4 is 4.74 Å². The number of ether oxygens (including phenoxy) is 1. The fourth-order valence-electron chi connectivity index (χ4n) is 1.84. The Kier molecular flexibility index (Phi) is 4.45. The Hall–Kier alpha value is -1.39. The first-order valence-electron chi connectivity index (χ1n) is 6.74. The van der Waals surface area contributed by atoms with Gasteiger partial charge in [-0.3, -0.25) is 0 Å². The quantitative estimate of drug-likeness (QED) is 0.915. The van der Waals surface area contributed by atoms with Gasteiger partial charge in [0.05, 0.1) is 22.1 Å². The third-order valence-corrected chi connectivity index (χ3v) is 4.65. The Labute approximate surface area is 124 Å². The molecule has 2 rings (SSSR count). The monoisotopic (exact) mass is 291 g/mol. The Morgan fingerprint density at radius 3 is 2.70 bits per heavy atom. The normalized spacial score (nSPS) is 11.7. The van der Waals surface area contributed by atoms with Gasteiger partial charge >= 0.3 is 0 Å². The lowest BCUT2D eigenvalue weighted by molar-refractivity contribution is 0.0823. The summed E-state index contributed by atoms with van der Waals surface area (Å²) in [5.74, 6) is 0.935. The smallest absolute Gasteiger partial charge is 0.122 e. The Morgan fingerprint density at radius 2 is 2.05 bits per heavy atom. The van der Waals surface area contributed by atoms with Crippen LogP contribution in [0.3, 0.4) is 0 Å². The molecule has 1 aromatic carbocycles. The molecule has 20 heavy (non-hydrogen) atoms. The van der Waals surface area contributed by atoms with Crippen molar-refractivity contribution in [1.29, 1.82) is 0 Å². The number of hydrogen-bond acceptors (Lipinski definition) is 4. The third-order valence-electron chi connectivity index (χ3n) is 3.28.